The fraction of sp³-hybridized carbons (Fsp3) is 0.455. The van der Waals surface area contributed by atoms with E-state index in [0.29, 0.717) is 6.54 Å². The molecule has 0 aromatic heterocycles. The van der Waals surface area contributed by atoms with Crippen LogP contribution < -0.4 is 5.73 Å². The molecule has 0 saturated carbocycles. The summed E-state index contributed by atoms with van der Waals surface area (Å²) in [4.78, 5) is 2.11. The zero-order valence-corrected chi connectivity index (χ0v) is 10.1. The highest BCUT2D eigenvalue weighted by Crippen LogP contribution is 2.26. The van der Waals surface area contributed by atoms with E-state index in [1.54, 1.807) is 0 Å². The molecule has 0 amide bonds. The number of nitrogens with zero attached hydrogens (tertiary/aromatic N) is 1. The van der Waals surface area contributed by atoms with E-state index in [1.807, 2.05) is 18.2 Å². The van der Waals surface area contributed by atoms with Crippen LogP contribution in [-0.4, -0.2) is 31.9 Å². The van der Waals surface area contributed by atoms with Crippen molar-refractivity contribution in [1.29, 1.82) is 0 Å². The third-order valence-electron chi connectivity index (χ3n) is 2.86. The number of benzene rings is 1. The molecule has 16 heavy (non-hydrogen) atoms. The van der Waals surface area contributed by atoms with Gasteiger partial charge in [-0.25, -0.2) is 8.42 Å². The molecule has 0 fully saturated rings. The molecule has 1 aliphatic rings. The number of hydrogen-bond donors (Lipinski definition) is 1. The predicted octanol–water partition coefficient (Wildman–Crippen LogP) is 0.629. The first kappa shape index (κ1) is 11.4. The van der Waals surface area contributed by atoms with Crippen molar-refractivity contribution < 1.29 is 8.42 Å². The Morgan fingerprint density at radius 1 is 1.38 bits per heavy atom. The largest absolute Gasteiger partial charge is 0.398 e. The Labute approximate surface area is 96.0 Å². The molecular weight excluding hydrogens is 224 g/mol. The van der Waals surface area contributed by atoms with Crippen LogP contribution in [0.4, 0.5) is 5.69 Å². The number of nitrogens with two attached hydrogens (primary N) is 1. The second kappa shape index (κ2) is 4.07. The van der Waals surface area contributed by atoms with Crippen LogP contribution in [0.1, 0.15) is 11.1 Å². The van der Waals surface area contributed by atoms with Crippen molar-refractivity contribution in [3.05, 3.63) is 29.3 Å². The molecule has 0 saturated heterocycles. The fourth-order valence-corrected chi connectivity index (χ4v) is 2.56. The highest BCUT2D eigenvalue weighted by atomic mass is 32.2. The molecule has 5 heteroatoms. The third kappa shape index (κ3) is 2.54. The fourth-order valence-electron chi connectivity index (χ4n) is 1.97. The second-order valence-electron chi connectivity index (χ2n) is 4.33. The van der Waals surface area contributed by atoms with Gasteiger partial charge in [-0.05, 0) is 17.2 Å². The monoisotopic (exact) mass is 240 g/mol. The number of hydrogen-bond acceptors (Lipinski definition) is 4. The number of rotatable bonds is 3. The zero-order valence-electron chi connectivity index (χ0n) is 9.31. The normalized spacial score (nSPS) is 16.3. The van der Waals surface area contributed by atoms with Crippen molar-refractivity contribution in [3.8, 4) is 0 Å². The maximum atomic E-state index is 11.1. The van der Waals surface area contributed by atoms with Gasteiger partial charge in [-0.15, -0.1) is 0 Å². The van der Waals surface area contributed by atoms with Gasteiger partial charge >= 0.3 is 0 Å². The van der Waals surface area contributed by atoms with Crippen LogP contribution in [0.25, 0.3) is 0 Å². The molecule has 0 aliphatic carbocycles. The summed E-state index contributed by atoms with van der Waals surface area (Å²) < 4.78 is 22.2. The maximum Gasteiger partial charge on any atom is 0.148 e. The molecule has 1 aromatic carbocycles. The zero-order chi connectivity index (χ0) is 11.8. The van der Waals surface area contributed by atoms with Gasteiger partial charge in [0.25, 0.3) is 0 Å². The van der Waals surface area contributed by atoms with E-state index in [9.17, 15) is 8.42 Å². The average Bonchev–Trinajstić information content (AvgIpc) is 2.58. The number of anilines is 1. The number of nitrogen functional groups attached to an aromatic ring is 1. The van der Waals surface area contributed by atoms with Crippen molar-refractivity contribution >= 4 is 15.5 Å². The summed E-state index contributed by atoms with van der Waals surface area (Å²) in [5.74, 6) is 0.209. The van der Waals surface area contributed by atoms with Crippen LogP contribution in [0.3, 0.4) is 0 Å². The van der Waals surface area contributed by atoms with Gasteiger partial charge in [0.2, 0.25) is 0 Å². The van der Waals surface area contributed by atoms with E-state index in [4.69, 9.17) is 5.73 Å². The van der Waals surface area contributed by atoms with Gasteiger partial charge in [-0.1, -0.05) is 12.1 Å². The van der Waals surface area contributed by atoms with E-state index < -0.39 is 9.84 Å². The quantitative estimate of drug-likeness (QED) is 0.787. The maximum absolute atomic E-state index is 11.1. The molecule has 1 heterocycles. The lowest BCUT2D eigenvalue weighted by atomic mass is 10.1. The Morgan fingerprint density at radius 2 is 2.12 bits per heavy atom. The van der Waals surface area contributed by atoms with Crippen molar-refractivity contribution in [2.75, 3.05) is 24.3 Å². The lowest BCUT2D eigenvalue weighted by Gasteiger charge is -2.13. The summed E-state index contributed by atoms with van der Waals surface area (Å²) in [5.41, 5.74) is 9.04. The van der Waals surface area contributed by atoms with E-state index >= 15 is 0 Å². The molecule has 2 rings (SSSR count). The smallest absolute Gasteiger partial charge is 0.148 e. The van der Waals surface area contributed by atoms with E-state index in [1.165, 1.54) is 11.8 Å². The second-order valence-corrected chi connectivity index (χ2v) is 6.59. The SMILES string of the molecule is CS(=O)(=O)CCN1Cc2cccc(N)c2C1. The molecule has 1 aromatic rings. The first-order valence-electron chi connectivity index (χ1n) is 5.22. The minimum Gasteiger partial charge on any atom is -0.398 e. The van der Waals surface area contributed by atoms with Crippen LogP contribution in [0.15, 0.2) is 18.2 Å². The molecule has 1 aliphatic heterocycles. The predicted molar refractivity (Wildman–Crippen MR) is 64.7 cm³/mol. The van der Waals surface area contributed by atoms with Crippen molar-refractivity contribution in [2.45, 2.75) is 13.1 Å². The van der Waals surface area contributed by atoms with Crippen molar-refractivity contribution in [1.82, 2.24) is 4.90 Å². The summed E-state index contributed by atoms with van der Waals surface area (Å²) in [6.07, 6.45) is 1.27. The van der Waals surface area contributed by atoms with Crippen LogP contribution in [0, 0.1) is 0 Å². The topological polar surface area (TPSA) is 63.4 Å². The van der Waals surface area contributed by atoms with Gasteiger partial charge in [0.15, 0.2) is 0 Å². The summed E-state index contributed by atoms with van der Waals surface area (Å²) in [6, 6.07) is 5.87. The Balaban J connectivity index is 2.04. The van der Waals surface area contributed by atoms with Gasteiger partial charge in [0.05, 0.1) is 5.75 Å². The first-order valence-corrected chi connectivity index (χ1v) is 7.28. The van der Waals surface area contributed by atoms with E-state index in [2.05, 4.69) is 4.90 Å². The number of sulfone groups is 1. The molecule has 0 bridgehead atoms. The Hall–Kier alpha value is -1.07. The molecule has 2 N–H and O–H groups in total. The Kier molecular flexibility index (Phi) is 2.90. The van der Waals surface area contributed by atoms with Gasteiger partial charge in [0, 0.05) is 31.6 Å². The third-order valence-corrected chi connectivity index (χ3v) is 3.79. The minimum atomic E-state index is -2.88. The molecule has 0 atom stereocenters. The van der Waals surface area contributed by atoms with Crippen LogP contribution in [0.2, 0.25) is 0 Å². The highest BCUT2D eigenvalue weighted by molar-refractivity contribution is 7.90. The molecule has 0 radical (unpaired) electrons. The van der Waals surface area contributed by atoms with E-state index in [0.717, 1.165) is 24.3 Å². The summed E-state index contributed by atoms with van der Waals surface area (Å²) >= 11 is 0. The summed E-state index contributed by atoms with van der Waals surface area (Å²) in [7, 11) is -2.88. The lowest BCUT2D eigenvalue weighted by molar-refractivity contribution is 0.302. The minimum absolute atomic E-state index is 0.209. The summed E-state index contributed by atoms with van der Waals surface area (Å²) in [5, 5.41) is 0. The molecule has 0 unspecified atom stereocenters. The van der Waals surface area contributed by atoms with Crippen LogP contribution in [0.5, 0.6) is 0 Å². The van der Waals surface area contributed by atoms with Gasteiger partial charge < -0.3 is 5.73 Å². The van der Waals surface area contributed by atoms with Crippen molar-refractivity contribution in [2.24, 2.45) is 0 Å². The first-order chi connectivity index (χ1) is 7.46. The molecule has 4 nitrogen and oxygen atoms in total. The molecule has 88 valence electrons. The van der Waals surface area contributed by atoms with Gasteiger partial charge in [-0.2, -0.15) is 0 Å². The van der Waals surface area contributed by atoms with E-state index in [-0.39, 0.29) is 5.75 Å². The molecular formula is C11H16N2O2S. The number of fused-ring (bicyclic) bond motifs is 1. The van der Waals surface area contributed by atoms with Crippen LogP contribution in [-0.2, 0) is 22.9 Å². The van der Waals surface area contributed by atoms with Crippen LogP contribution >= 0.6 is 0 Å². The Bertz CT molecular complexity index is 497. The van der Waals surface area contributed by atoms with Crippen molar-refractivity contribution in [3.63, 3.8) is 0 Å². The standard InChI is InChI=1S/C11H16N2O2S/c1-16(14,15)6-5-13-7-9-3-2-4-11(12)10(9)8-13/h2-4H,5-8,12H2,1H3. The summed E-state index contributed by atoms with van der Waals surface area (Å²) in [6.45, 7) is 2.14. The average molecular weight is 240 g/mol. The Morgan fingerprint density at radius 3 is 2.75 bits per heavy atom. The lowest BCUT2D eigenvalue weighted by Crippen LogP contribution is -2.24. The highest BCUT2D eigenvalue weighted by Gasteiger charge is 2.21. The van der Waals surface area contributed by atoms with Gasteiger partial charge in [-0.3, -0.25) is 4.90 Å². The van der Waals surface area contributed by atoms with Gasteiger partial charge in [0.1, 0.15) is 9.84 Å². The molecule has 0 spiro atoms.